The van der Waals surface area contributed by atoms with Crippen LogP contribution >= 0.6 is 40.9 Å². The van der Waals surface area contributed by atoms with Crippen LogP contribution in [-0.2, 0) is 17.4 Å². The molecule has 14 heteroatoms. The minimum atomic E-state index is -2.68. The molecule has 0 aliphatic rings. The molecular weight excluding hydrogens is 997 g/mol. The number of nitrogens with zero attached hydrogens (tertiary/aromatic N) is 8. The van der Waals surface area contributed by atoms with Gasteiger partial charge in [-0.15, -0.1) is 0 Å². The minimum absolute atomic E-state index is 0.00155. The summed E-state index contributed by atoms with van der Waals surface area (Å²) in [6, 6.07) is 49.6. The van der Waals surface area contributed by atoms with Gasteiger partial charge in [-0.1, -0.05) is 0 Å². The van der Waals surface area contributed by atoms with Crippen molar-refractivity contribution in [3.63, 3.8) is 0 Å². The summed E-state index contributed by atoms with van der Waals surface area (Å²) in [5.74, 6) is 0. The molecule has 0 aliphatic heterocycles. The molecule has 292 valence electrons. The average molecular weight is 1040 g/mol. The summed E-state index contributed by atoms with van der Waals surface area (Å²) in [5, 5.41) is 0. The normalized spacial score (nSPS) is 12.8. The number of rotatable bonds is 16. The zero-order valence-corrected chi connectivity index (χ0v) is 37.6. The van der Waals surface area contributed by atoms with Gasteiger partial charge in [-0.05, 0) is 0 Å². The van der Waals surface area contributed by atoms with Gasteiger partial charge in [0.15, 0.2) is 0 Å². The molecule has 8 aromatic heterocycles. The van der Waals surface area contributed by atoms with Crippen molar-refractivity contribution in [2.75, 3.05) is 12.3 Å². The predicted molar refractivity (Wildman–Crippen MR) is 242 cm³/mol. The molecule has 8 rings (SSSR count). The van der Waals surface area contributed by atoms with Crippen LogP contribution in [0.4, 0.5) is 0 Å². The number of halogens is 1. The third-order valence-electron chi connectivity index (χ3n) is 8.83. The van der Waals surface area contributed by atoms with Gasteiger partial charge >= 0.3 is 357 Å². The van der Waals surface area contributed by atoms with E-state index in [4.69, 9.17) is 49.1 Å². The van der Waals surface area contributed by atoms with Crippen LogP contribution in [0.5, 0.6) is 0 Å². The van der Waals surface area contributed by atoms with E-state index in [2.05, 4.69) is 97.1 Å². The first-order chi connectivity index (χ1) is 28.7. The molecule has 0 fully saturated rings. The Balaban J connectivity index is 1.37. The Bertz CT molecular complexity index is 2080. The van der Waals surface area contributed by atoms with E-state index >= 15 is 0 Å². The summed E-state index contributed by atoms with van der Waals surface area (Å²) in [6.07, 6.45) is 16.6. The quantitative estimate of drug-likeness (QED) is 0.0846. The van der Waals surface area contributed by atoms with Gasteiger partial charge in [0.25, 0.3) is 0 Å². The third-order valence-corrected chi connectivity index (χ3v) is 33.8. The summed E-state index contributed by atoms with van der Waals surface area (Å²) in [4.78, 5) is 40.3. The Labute approximate surface area is 354 Å². The fourth-order valence-corrected chi connectivity index (χ4v) is 35.5. The van der Waals surface area contributed by atoms with E-state index < -0.39 is 49.0 Å². The molecule has 0 N–H and O–H groups in total. The second-order valence-electron chi connectivity index (χ2n) is 12.5. The molecule has 8 heterocycles. The van der Waals surface area contributed by atoms with Crippen molar-refractivity contribution < 1.29 is 17.4 Å². The predicted octanol–water partition coefficient (Wildman–Crippen LogP) is 6.10. The molecule has 0 saturated heterocycles. The van der Waals surface area contributed by atoms with Crippen LogP contribution in [0.2, 0.25) is 0 Å². The maximum absolute atomic E-state index is 8.65. The second-order valence-corrected chi connectivity index (χ2v) is 30.0. The van der Waals surface area contributed by atoms with Crippen LogP contribution in [0, 0.1) is 0 Å². The fourth-order valence-electron chi connectivity index (χ4n) is 6.24. The summed E-state index contributed by atoms with van der Waals surface area (Å²) in [6.45, 7) is 0. The molecule has 8 aromatic rings. The van der Waals surface area contributed by atoms with E-state index in [0.29, 0.717) is 0 Å². The van der Waals surface area contributed by atoms with Gasteiger partial charge in [-0.2, -0.15) is 0 Å². The molecule has 58 heavy (non-hydrogen) atoms. The van der Waals surface area contributed by atoms with Crippen molar-refractivity contribution in [3.8, 4) is 0 Å². The van der Waals surface area contributed by atoms with Gasteiger partial charge in [0.2, 0.25) is 0 Å². The molecule has 0 radical (unpaired) electrons. The molecule has 0 aromatic carbocycles. The monoisotopic (exact) mass is 1030 g/mol. The molecule has 2 atom stereocenters. The number of hydrogen-bond acceptors (Lipinski definition) is 8. The molecule has 0 saturated carbocycles. The van der Waals surface area contributed by atoms with E-state index in [1.807, 2.05) is 98.1 Å². The molecule has 0 spiro atoms. The van der Waals surface area contributed by atoms with Gasteiger partial charge in [0.05, 0.1) is 0 Å². The summed E-state index contributed by atoms with van der Waals surface area (Å²) in [5.41, 5.74) is 8.13. The van der Waals surface area contributed by atoms with E-state index in [-0.39, 0.29) is 7.75 Å². The van der Waals surface area contributed by atoms with Gasteiger partial charge in [-0.25, -0.2) is 0 Å². The van der Waals surface area contributed by atoms with E-state index in [1.165, 1.54) is 0 Å². The standard InChI is InChI=1S/2C22H19N4P2.Au.ClH/c2*1-5-13-23-19(9-1)27(20-10-2-6-14-24-20)17-18-28(21-11-3-7-15-25-21)22-12-4-8-16-26-22;;/h2*1-17H,18H2;;1H/q;;+1;/p-1. The number of hydrogen-bond donors (Lipinski definition) is 0. The summed E-state index contributed by atoms with van der Waals surface area (Å²) >= 11 is -2.68. The molecule has 0 bridgehead atoms. The van der Waals surface area contributed by atoms with Gasteiger partial charge in [0.1, 0.15) is 0 Å². The molecule has 0 aliphatic carbocycles. The Hall–Kier alpha value is -4.05. The Morgan fingerprint density at radius 2 is 0.534 bits per heavy atom. The Morgan fingerprint density at radius 3 is 0.724 bits per heavy atom. The van der Waals surface area contributed by atoms with Gasteiger partial charge in [-0.3, -0.25) is 0 Å². The van der Waals surface area contributed by atoms with Crippen molar-refractivity contribution >= 4 is 84.4 Å². The topological polar surface area (TPSA) is 103 Å². The second kappa shape index (κ2) is 20.8. The molecule has 0 amide bonds. The van der Waals surface area contributed by atoms with Crippen LogP contribution < -0.4 is 43.5 Å². The zero-order valence-electron chi connectivity index (χ0n) is 31.1. The van der Waals surface area contributed by atoms with Crippen LogP contribution in [-0.4, -0.2) is 59.9 Å². The zero-order chi connectivity index (χ0) is 39.4. The van der Waals surface area contributed by atoms with Crippen LogP contribution in [0.3, 0.4) is 0 Å². The molecule has 2 unspecified atom stereocenters. The van der Waals surface area contributed by atoms with E-state index in [1.54, 1.807) is 0 Å². The van der Waals surface area contributed by atoms with Crippen molar-refractivity contribution in [2.45, 2.75) is 7.75 Å². The SMILES string of the molecule is [Cl][Au]([CH](CP(c1ccccn1)c1ccccn1)P(c1ccccn1)c1ccccn1)[CH](CP(c1ccccn1)c1ccccn1)P(c1ccccn1)c1ccccn1. The van der Waals surface area contributed by atoms with Gasteiger partial charge in [0, 0.05) is 0 Å². The summed E-state index contributed by atoms with van der Waals surface area (Å²) < 4.78 is -0.00309. The van der Waals surface area contributed by atoms with Crippen molar-refractivity contribution in [1.82, 2.24) is 39.9 Å². The average Bonchev–Trinajstić information content (AvgIpc) is 3.31. The first kappa shape index (κ1) is 40.7. The first-order valence-corrected chi connectivity index (χ1v) is 29.4. The fraction of sp³-hybridized carbons (Fsp3) is 0.0909. The molecule has 8 nitrogen and oxygen atoms in total. The van der Waals surface area contributed by atoms with Crippen molar-refractivity contribution in [2.24, 2.45) is 0 Å². The Morgan fingerprint density at radius 1 is 0.328 bits per heavy atom. The van der Waals surface area contributed by atoms with E-state index in [9.17, 15) is 0 Å². The van der Waals surface area contributed by atoms with Crippen LogP contribution in [0.1, 0.15) is 0 Å². The van der Waals surface area contributed by atoms with Gasteiger partial charge < -0.3 is 0 Å². The maximum atomic E-state index is 8.65. The summed E-state index contributed by atoms with van der Waals surface area (Å²) in [7, 11) is 4.20. The van der Waals surface area contributed by atoms with E-state index in [0.717, 1.165) is 55.8 Å². The number of aromatic nitrogens is 8. The van der Waals surface area contributed by atoms with Crippen LogP contribution in [0.25, 0.3) is 0 Å². The van der Waals surface area contributed by atoms with Crippen molar-refractivity contribution in [1.29, 1.82) is 0 Å². The third kappa shape index (κ3) is 10.0. The molecular formula is C44H38AuClN8P4. The Kier molecular flexibility index (Phi) is 14.6. The number of pyridine rings is 8. The first-order valence-electron chi connectivity index (χ1n) is 18.4. The van der Waals surface area contributed by atoms with Crippen molar-refractivity contribution in [3.05, 3.63) is 195 Å². The van der Waals surface area contributed by atoms with Crippen LogP contribution in [0.15, 0.2) is 195 Å².